The molecule has 0 saturated heterocycles. The number of amides is 1. The van der Waals surface area contributed by atoms with Gasteiger partial charge in [-0.1, -0.05) is 0 Å². The first-order chi connectivity index (χ1) is 8.40. The maximum Gasteiger partial charge on any atom is 0.308 e. The third-order valence-corrected chi connectivity index (χ3v) is 3.87. The van der Waals surface area contributed by atoms with Gasteiger partial charge in [-0.3, -0.25) is 9.59 Å². The molecule has 0 aliphatic heterocycles. The SMILES string of the molecule is CC(=O)Oc1cc2sc(N)c(C(N)=O)c2cc1Br. The van der Waals surface area contributed by atoms with Crippen molar-refractivity contribution < 1.29 is 14.3 Å². The van der Waals surface area contributed by atoms with Crippen molar-refractivity contribution in [1.82, 2.24) is 0 Å². The van der Waals surface area contributed by atoms with Gasteiger partial charge in [-0.25, -0.2) is 0 Å². The number of primary amides is 1. The Morgan fingerprint density at radius 3 is 2.61 bits per heavy atom. The van der Waals surface area contributed by atoms with E-state index in [0.717, 1.165) is 4.70 Å². The molecule has 4 N–H and O–H groups in total. The lowest BCUT2D eigenvalue weighted by molar-refractivity contribution is -0.131. The van der Waals surface area contributed by atoms with Crippen LogP contribution in [0.5, 0.6) is 5.75 Å². The first-order valence-electron chi connectivity index (χ1n) is 4.90. The van der Waals surface area contributed by atoms with Crippen molar-refractivity contribution in [2.45, 2.75) is 6.92 Å². The normalized spacial score (nSPS) is 10.6. The molecule has 1 amide bonds. The van der Waals surface area contributed by atoms with E-state index in [2.05, 4.69) is 15.9 Å². The summed E-state index contributed by atoms with van der Waals surface area (Å²) in [5.41, 5.74) is 11.3. The fourth-order valence-electron chi connectivity index (χ4n) is 1.60. The molecule has 0 saturated carbocycles. The number of carbonyl (C=O) groups is 2. The average Bonchev–Trinajstić information content (AvgIpc) is 2.53. The van der Waals surface area contributed by atoms with Crippen LogP contribution in [0.2, 0.25) is 0 Å². The maximum absolute atomic E-state index is 11.3. The lowest BCUT2D eigenvalue weighted by Crippen LogP contribution is -2.12. The summed E-state index contributed by atoms with van der Waals surface area (Å²) in [4.78, 5) is 22.3. The third-order valence-electron chi connectivity index (χ3n) is 2.27. The molecule has 0 atom stereocenters. The molecule has 1 aromatic carbocycles. The van der Waals surface area contributed by atoms with Crippen LogP contribution >= 0.6 is 27.3 Å². The molecule has 0 fully saturated rings. The molecule has 18 heavy (non-hydrogen) atoms. The Morgan fingerprint density at radius 1 is 1.39 bits per heavy atom. The van der Waals surface area contributed by atoms with Crippen LogP contribution in [0.15, 0.2) is 16.6 Å². The number of nitrogens with two attached hydrogens (primary N) is 2. The second-order valence-corrected chi connectivity index (χ2v) is 5.52. The van der Waals surface area contributed by atoms with E-state index in [9.17, 15) is 9.59 Å². The van der Waals surface area contributed by atoms with Gasteiger partial charge in [0.1, 0.15) is 5.75 Å². The van der Waals surface area contributed by atoms with Crippen LogP contribution in [0, 0.1) is 0 Å². The summed E-state index contributed by atoms with van der Waals surface area (Å²) in [6.07, 6.45) is 0. The average molecular weight is 329 g/mol. The van der Waals surface area contributed by atoms with Crippen LogP contribution in [0.1, 0.15) is 17.3 Å². The quantitative estimate of drug-likeness (QED) is 0.653. The zero-order chi connectivity index (χ0) is 13.4. The smallest absolute Gasteiger partial charge is 0.308 e. The molecular formula is C11H9BrN2O3S. The molecule has 1 aromatic heterocycles. The van der Waals surface area contributed by atoms with Crippen molar-refractivity contribution in [3.8, 4) is 5.75 Å². The molecule has 94 valence electrons. The van der Waals surface area contributed by atoms with Gasteiger partial charge in [-0.2, -0.15) is 0 Å². The number of benzene rings is 1. The number of rotatable bonds is 2. The first kappa shape index (κ1) is 12.8. The fourth-order valence-corrected chi connectivity index (χ4v) is 3.01. The van der Waals surface area contributed by atoms with Gasteiger partial charge in [0.2, 0.25) is 0 Å². The summed E-state index contributed by atoms with van der Waals surface area (Å²) >= 11 is 4.49. The van der Waals surface area contributed by atoms with Crippen LogP contribution in [0.4, 0.5) is 5.00 Å². The van der Waals surface area contributed by atoms with Crippen LogP contribution in [0.25, 0.3) is 10.1 Å². The maximum atomic E-state index is 11.3. The number of halogens is 1. The van der Waals surface area contributed by atoms with E-state index in [0.29, 0.717) is 26.2 Å². The van der Waals surface area contributed by atoms with E-state index in [-0.39, 0.29) is 0 Å². The summed E-state index contributed by atoms with van der Waals surface area (Å²) in [7, 11) is 0. The van der Waals surface area contributed by atoms with Crippen LogP contribution < -0.4 is 16.2 Å². The van der Waals surface area contributed by atoms with Gasteiger partial charge >= 0.3 is 5.97 Å². The molecule has 0 bridgehead atoms. The van der Waals surface area contributed by atoms with Gasteiger partial charge in [0, 0.05) is 17.0 Å². The predicted octanol–water partition coefficient (Wildman–Crippen LogP) is 2.27. The second kappa shape index (κ2) is 4.58. The number of carbonyl (C=O) groups excluding carboxylic acids is 2. The highest BCUT2D eigenvalue weighted by Gasteiger charge is 2.17. The lowest BCUT2D eigenvalue weighted by Gasteiger charge is -2.04. The van der Waals surface area contributed by atoms with Gasteiger partial charge in [0.25, 0.3) is 5.91 Å². The Hall–Kier alpha value is -1.60. The zero-order valence-electron chi connectivity index (χ0n) is 9.32. The fraction of sp³-hybridized carbons (Fsp3) is 0.0909. The Bertz CT molecular complexity index is 666. The van der Waals surface area contributed by atoms with Crippen molar-refractivity contribution in [3.63, 3.8) is 0 Å². The van der Waals surface area contributed by atoms with Crippen LogP contribution in [-0.2, 0) is 4.79 Å². The van der Waals surface area contributed by atoms with Gasteiger partial charge in [0.15, 0.2) is 0 Å². The van der Waals surface area contributed by atoms with Gasteiger partial charge in [0.05, 0.1) is 15.0 Å². The minimum atomic E-state index is -0.578. The van der Waals surface area contributed by atoms with E-state index in [1.54, 1.807) is 12.1 Å². The molecule has 7 heteroatoms. The number of nitrogen functional groups attached to an aromatic ring is 1. The van der Waals surface area contributed by atoms with E-state index in [1.807, 2.05) is 0 Å². The largest absolute Gasteiger partial charge is 0.425 e. The number of anilines is 1. The Morgan fingerprint density at radius 2 is 2.06 bits per heavy atom. The number of fused-ring (bicyclic) bond motifs is 1. The van der Waals surface area contributed by atoms with Crippen molar-refractivity contribution in [3.05, 3.63) is 22.2 Å². The number of hydrogen-bond acceptors (Lipinski definition) is 5. The molecular weight excluding hydrogens is 320 g/mol. The number of ether oxygens (including phenoxy) is 1. The van der Waals surface area contributed by atoms with Crippen molar-refractivity contribution >= 4 is 54.2 Å². The lowest BCUT2D eigenvalue weighted by atomic mass is 10.1. The minimum Gasteiger partial charge on any atom is -0.425 e. The summed E-state index contributed by atoms with van der Waals surface area (Å²) in [5.74, 6) is -0.618. The van der Waals surface area contributed by atoms with Gasteiger partial charge < -0.3 is 16.2 Å². The third kappa shape index (κ3) is 2.19. The second-order valence-electron chi connectivity index (χ2n) is 3.58. The highest BCUT2D eigenvalue weighted by atomic mass is 79.9. The van der Waals surface area contributed by atoms with E-state index in [1.165, 1.54) is 18.3 Å². The number of thiophene rings is 1. The summed E-state index contributed by atoms with van der Waals surface area (Å²) in [5, 5.41) is 0.997. The standard InChI is InChI=1S/C11H9BrN2O3S/c1-4(15)17-7-3-8-5(2-6(7)12)9(10(13)16)11(14)18-8/h2-3H,14H2,1H3,(H2,13,16). The molecule has 0 aliphatic rings. The summed E-state index contributed by atoms with van der Waals surface area (Å²) in [6, 6.07) is 3.31. The highest BCUT2D eigenvalue weighted by molar-refractivity contribution is 9.10. The predicted molar refractivity (Wildman–Crippen MR) is 73.8 cm³/mol. The molecule has 2 rings (SSSR count). The molecule has 5 nitrogen and oxygen atoms in total. The Kier molecular flexibility index (Phi) is 3.27. The Labute approximate surface area is 115 Å². The highest BCUT2D eigenvalue weighted by Crippen LogP contribution is 2.39. The number of esters is 1. The van der Waals surface area contributed by atoms with Crippen molar-refractivity contribution in [2.24, 2.45) is 5.73 Å². The van der Waals surface area contributed by atoms with Crippen molar-refractivity contribution in [2.75, 3.05) is 5.73 Å². The summed E-state index contributed by atoms with van der Waals surface area (Å²) < 4.78 is 6.32. The Balaban J connectivity index is 2.67. The van der Waals surface area contributed by atoms with Crippen LogP contribution in [-0.4, -0.2) is 11.9 Å². The summed E-state index contributed by atoms with van der Waals surface area (Å²) in [6.45, 7) is 1.31. The van der Waals surface area contributed by atoms with E-state index in [4.69, 9.17) is 16.2 Å². The van der Waals surface area contributed by atoms with E-state index >= 15 is 0 Å². The molecule has 1 heterocycles. The van der Waals surface area contributed by atoms with Crippen molar-refractivity contribution in [1.29, 1.82) is 0 Å². The van der Waals surface area contributed by atoms with E-state index < -0.39 is 11.9 Å². The first-order valence-corrected chi connectivity index (χ1v) is 6.51. The molecule has 0 unspecified atom stereocenters. The molecule has 0 aliphatic carbocycles. The molecule has 0 spiro atoms. The topological polar surface area (TPSA) is 95.4 Å². The zero-order valence-corrected chi connectivity index (χ0v) is 11.7. The number of hydrogen-bond donors (Lipinski definition) is 2. The monoisotopic (exact) mass is 328 g/mol. The van der Waals surface area contributed by atoms with Crippen LogP contribution in [0.3, 0.4) is 0 Å². The minimum absolute atomic E-state index is 0.296. The van der Waals surface area contributed by atoms with Gasteiger partial charge in [-0.15, -0.1) is 11.3 Å². The molecule has 2 aromatic rings. The molecule has 0 radical (unpaired) electrons. The van der Waals surface area contributed by atoms with Gasteiger partial charge in [-0.05, 0) is 28.1 Å².